The quantitative estimate of drug-likeness (QED) is 0.390. The molecule has 0 radical (unpaired) electrons. The summed E-state index contributed by atoms with van der Waals surface area (Å²) in [5, 5.41) is 3.61. The number of carbonyl (C=O) groups excluding carboxylic acids is 1. The molecule has 0 aromatic carbocycles. The van der Waals surface area contributed by atoms with Crippen molar-refractivity contribution < 1.29 is 9.32 Å². The largest absolute Gasteiger partial charge is 0.361 e. The van der Waals surface area contributed by atoms with Gasteiger partial charge in [-0.15, -0.1) is 12.4 Å². The summed E-state index contributed by atoms with van der Waals surface area (Å²) in [4.78, 5) is 10.7. The summed E-state index contributed by atoms with van der Waals surface area (Å²) >= 11 is 0. The number of hydrazine groups is 1. The zero-order valence-corrected chi connectivity index (χ0v) is 7.35. The molecule has 5 nitrogen and oxygen atoms in total. The third-order valence-corrected chi connectivity index (χ3v) is 1.17. The zero-order chi connectivity index (χ0) is 8.27. The molecule has 3 N–H and O–H groups in total. The monoisotopic (exact) mass is 191 g/mol. The standard InChI is InChI=1S/C6H9N3O2.ClH/c1-4-2-5(11-9-4)3-6(10)8-7;/h2H,3,7H2,1H3,(H,8,10);1H. The summed E-state index contributed by atoms with van der Waals surface area (Å²) < 4.78 is 4.77. The van der Waals surface area contributed by atoms with Gasteiger partial charge in [0.15, 0.2) is 0 Å². The van der Waals surface area contributed by atoms with Crippen molar-refractivity contribution in [1.82, 2.24) is 10.6 Å². The first kappa shape index (κ1) is 10.9. The average molecular weight is 192 g/mol. The van der Waals surface area contributed by atoms with Gasteiger partial charge in [-0.1, -0.05) is 5.16 Å². The zero-order valence-electron chi connectivity index (χ0n) is 6.53. The smallest absolute Gasteiger partial charge is 0.241 e. The number of carbonyl (C=O) groups is 1. The molecule has 0 bridgehead atoms. The third-order valence-electron chi connectivity index (χ3n) is 1.17. The number of aromatic nitrogens is 1. The molecule has 0 fully saturated rings. The van der Waals surface area contributed by atoms with Crippen molar-refractivity contribution in [2.75, 3.05) is 0 Å². The number of hydrogen-bond acceptors (Lipinski definition) is 4. The van der Waals surface area contributed by atoms with E-state index in [9.17, 15) is 4.79 Å². The Morgan fingerprint density at radius 1 is 1.83 bits per heavy atom. The van der Waals surface area contributed by atoms with Crippen LogP contribution >= 0.6 is 12.4 Å². The molecule has 0 atom stereocenters. The summed E-state index contributed by atoms with van der Waals surface area (Å²) in [5.74, 6) is 5.09. The minimum atomic E-state index is -0.291. The molecule has 6 heteroatoms. The Bertz CT molecular complexity index is 261. The number of aryl methyl sites for hydroxylation is 1. The van der Waals surface area contributed by atoms with Gasteiger partial charge in [-0.3, -0.25) is 10.2 Å². The third kappa shape index (κ3) is 2.89. The van der Waals surface area contributed by atoms with Crippen molar-refractivity contribution in [2.45, 2.75) is 13.3 Å². The molecule has 1 amide bonds. The van der Waals surface area contributed by atoms with Crippen LogP contribution in [0.4, 0.5) is 0 Å². The van der Waals surface area contributed by atoms with Crippen molar-refractivity contribution in [3.05, 3.63) is 17.5 Å². The predicted octanol–water partition coefficient (Wildman–Crippen LogP) is -0.0628. The number of nitrogens with zero attached hydrogens (tertiary/aromatic N) is 1. The maximum atomic E-state index is 10.7. The van der Waals surface area contributed by atoms with E-state index in [2.05, 4.69) is 5.16 Å². The molecular formula is C6H10ClN3O2. The van der Waals surface area contributed by atoms with Gasteiger partial charge in [0, 0.05) is 6.07 Å². The van der Waals surface area contributed by atoms with E-state index in [1.54, 1.807) is 13.0 Å². The number of nitrogens with two attached hydrogens (primary N) is 1. The Morgan fingerprint density at radius 2 is 2.50 bits per heavy atom. The summed E-state index contributed by atoms with van der Waals surface area (Å²) in [7, 11) is 0. The summed E-state index contributed by atoms with van der Waals surface area (Å²) in [6, 6.07) is 1.69. The van der Waals surface area contributed by atoms with E-state index in [0.717, 1.165) is 5.69 Å². The van der Waals surface area contributed by atoms with E-state index in [1.807, 2.05) is 5.43 Å². The molecule has 1 heterocycles. The minimum Gasteiger partial charge on any atom is -0.361 e. The maximum absolute atomic E-state index is 10.7. The van der Waals surface area contributed by atoms with Crippen molar-refractivity contribution in [2.24, 2.45) is 5.84 Å². The molecular weight excluding hydrogens is 182 g/mol. The molecule has 0 aliphatic heterocycles. The fourth-order valence-electron chi connectivity index (χ4n) is 0.709. The van der Waals surface area contributed by atoms with Crippen LogP contribution in [-0.2, 0) is 11.2 Å². The highest BCUT2D eigenvalue weighted by Gasteiger charge is 2.05. The van der Waals surface area contributed by atoms with E-state index in [-0.39, 0.29) is 24.7 Å². The lowest BCUT2D eigenvalue weighted by Gasteiger charge is -1.92. The normalized spacial score (nSPS) is 8.83. The van der Waals surface area contributed by atoms with Crippen LogP contribution in [0.25, 0.3) is 0 Å². The van der Waals surface area contributed by atoms with Crippen LogP contribution in [0.2, 0.25) is 0 Å². The highest BCUT2D eigenvalue weighted by Crippen LogP contribution is 2.01. The van der Waals surface area contributed by atoms with Gasteiger partial charge in [0.05, 0.1) is 12.1 Å². The van der Waals surface area contributed by atoms with Gasteiger partial charge in [-0.05, 0) is 6.92 Å². The molecule has 1 aromatic rings. The van der Waals surface area contributed by atoms with Crippen LogP contribution in [0.3, 0.4) is 0 Å². The SMILES string of the molecule is Cc1cc(CC(=O)NN)on1.Cl. The predicted molar refractivity (Wildman–Crippen MR) is 44.5 cm³/mol. The van der Waals surface area contributed by atoms with Crippen LogP contribution in [0.15, 0.2) is 10.6 Å². The molecule has 0 spiro atoms. The second-order valence-corrected chi connectivity index (χ2v) is 2.18. The molecule has 0 saturated carbocycles. The van der Waals surface area contributed by atoms with E-state index in [0.29, 0.717) is 5.76 Å². The molecule has 68 valence electrons. The van der Waals surface area contributed by atoms with Crippen molar-refractivity contribution in [3.63, 3.8) is 0 Å². The average Bonchev–Trinajstić information content (AvgIpc) is 2.35. The lowest BCUT2D eigenvalue weighted by atomic mass is 10.3. The lowest BCUT2D eigenvalue weighted by Crippen LogP contribution is -2.31. The van der Waals surface area contributed by atoms with Crippen LogP contribution in [0, 0.1) is 6.92 Å². The second-order valence-electron chi connectivity index (χ2n) is 2.18. The van der Waals surface area contributed by atoms with Crippen molar-refractivity contribution in [3.8, 4) is 0 Å². The Balaban J connectivity index is 0.00000121. The number of halogens is 1. The fraction of sp³-hybridized carbons (Fsp3) is 0.333. The van der Waals surface area contributed by atoms with E-state index in [1.165, 1.54) is 0 Å². The summed E-state index contributed by atoms with van der Waals surface area (Å²) in [6.45, 7) is 1.79. The van der Waals surface area contributed by atoms with Crippen LogP contribution < -0.4 is 11.3 Å². The van der Waals surface area contributed by atoms with E-state index >= 15 is 0 Å². The van der Waals surface area contributed by atoms with Crippen LogP contribution in [0.1, 0.15) is 11.5 Å². The van der Waals surface area contributed by atoms with Gasteiger partial charge in [0.25, 0.3) is 0 Å². The first-order valence-corrected chi connectivity index (χ1v) is 3.14. The van der Waals surface area contributed by atoms with Crippen LogP contribution in [-0.4, -0.2) is 11.1 Å². The first-order valence-electron chi connectivity index (χ1n) is 3.14. The Hall–Kier alpha value is -1.07. The molecule has 1 rings (SSSR count). The number of nitrogens with one attached hydrogen (secondary N) is 1. The Morgan fingerprint density at radius 3 is 2.92 bits per heavy atom. The highest BCUT2D eigenvalue weighted by atomic mass is 35.5. The van der Waals surface area contributed by atoms with Gasteiger partial charge in [0.2, 0.25) is 5.91 Å². The van der Waals surface area contributed by atoms with Crippen LogP contribution in [0.5, 0.6) is 0 Å². The number of rotatable bonds is 2. The first-order chi connectivity index (χ1) is 5.22. The van der Waals surface area contributed by atoms with Crippen molar-refractivity contribution >= 4 is 18.3 Å². The fourth-order valence-corrected chi connectivity index (χ4v) is 0.709. The topological polar surface area (TPSA) is 81.2 Å². The molecule has 12 heavy (non-hydrogen) atoms. The molecule has 0 unspecified atom stereocenters. The number of amides is 1. The number of hydrogen-bond donors (Lipinski definition) is 2. The Labute approximate surface area is 75.7 Å². The summed E-state index contributed by atoms with van der Waals surface area (Å²) in [6.07, 6.45) is 0.136. The maximum Gasteiger partial charge on any atom is 0.241 e. The minimum absolute atomic E-state index is 0. The molecule has 0 aliphatic rings. The molecule has 1 aromatic heterocycles. The molecule has 0 saturated heterocycles. The highest BCUT2D eigenvalue weighted by molar-refractivity contribution is 5.85. The van der Waals surface area contributed by atoms with Gasteiger partial charge in [-0.2, -0.15) is 0 Å². The van der Waals surface area contributed by atoms with Gasteiger partial charge >= 0.3 is 0 Å². The second kappa shape index (κ2) is 4.74. The van der Waals surface area contributed by atoms with E-state index in [4.69, 9.17) is 10.4 Å². The lowest BCUT2D eigenvalue weighted by molar-refractivity contribution is -0.120. The van der Waals surface area contributed by atoms with Gasteiger partial charge in [-0.25, -0.2) is 5.84 Å². The Kier molecular flexibility index (Phi) is 4.31. The van der Waals surface area contributed by atoms with Gasteiger partial charge in [0.1, 0.15) is 5.76 Å². The van der Waals surface area contributed by atoms with Crippen molar-refractivity contribution in [1.29, 1.82) is 0 Å². The van der Waals surface area contributed by atoms with Gasteiger partial charge < -0.3 is 4.52 Å². The summed E-state index contributed by atoms with van der Waals surface area (Å²) in [5.41, 5.74) is 2.75. The molecule has 0 aliphatic carbocycles. The van der Waals surface area contributed by atoms with E-state index < -0.39 is 0 Å².